The van der Waals surface area contributed by atoms with E-state index in [-0.39, 0.29) is 10.7 Å². The molecular weight excluding hydrogens is 258 g/mol. The van der Waals surface area contributed by atoms with Gasteiger partial charge < -0.3 is 4.52 Å². The highest BCUT2D eigenvalue weighted by Crippen LogP contribution is 2.29. The Hall–Kier alpha value is -1.50. The van der Waals surface area contributed by atoms with E-state index < -0.39 is 16.2 Å². The first-order valence-corrected chi connectivity index (χ1v) is 6.94. The lowest BCUT2D eigenvalue weighted by Gasteiger charge is -2.19. The van der Waals surface area contributed by atoms with Crippen LogP contribution in [0.1, 0.15) is 24.3 Å². The number of aromatic nitrogens is 1. The number of hydrogen-bond acceptors (Lipinski definition) is 6. The smallest absolute Gasteiger partial charge is 0.250 e. The van der Waals surface area contributed by atoms with Crippen LogP contribution in [0, 0.1) is 13.8 Å². The molecule has 1 aliphatic heterocycles. The van der Waals surface area contributed by atoms with Gasteiger partial charge in [0.25, 0.3) is 0 Å². The second-order valence-corrected chi connectivity index (χ2v) is 5.94. The Morgan fingerprint density at radius 2 is 2.22 bits per heavy atom. The molecule has 1 aliphatic rings. The fraction of sp³-hybridized carbons (Fsp3) is 0.600. The Bertz CT molecular complexity index is 581. The van der Waals surface area contributed by atoms with E-state index in [1.165, 1.54) is 10.4 Å². The molecule has 18 heavy (non-hydrogen) atoms. The second-order valence-electron chi connectivity index (χ2n) is 4.11. The molecule has 1 aromatic rings. The van der Waals surface area contributed by atoms with Crippen LogP contribution < -0.4 is 0 Å². The molecule has 2 heterocycles. The van der Waals surface area contributed by atoms with Crippen LogP contribution in [0.3, 0.4) is 0 Å². The van der Waals surface area contributed by atoms with Gasteiger partial charge in [0.05, 0.1) is 0 Å². The quantitative estimate of drug-likeness (QED) is 0.597. The van der Waals surface area contributed by atoms with Crippen LogP contribution in [-0.2, 0) is 14.8 Å². The van der Waals surface area contributed by atoms with Crippen LogP contribution in [-0.4, -0.2) is 36.7 Å². The minimum Gasteiger partial charge on any atom is -0.360 e. The SMILES string of the molecule is Cc1noc(C)c1S(=O)(=O)N1CCCC1N=C=O. The molecule has 0 spiro atoms. The van der Waals surface area contributed by atoms with Crippen LogP contribution >= 0.6 is 0 Å². The normalized spacial score (nSPS) is 20.9. The first-order valence-electron chi connectivity index (χ1n) is 5.50. The third-order valence-electron chi connectivity index (χ3n) is 2.91. The zero-order valence-electron chi connectivity index (χ0n) is 10.1. The van der Waals surface area contributed by atoms with E-state index >= 15 is 0 Å². The number of nitrogens with zero attached hydrogens (tertiary/aromatic N) is 3. The predicted octanol–water partition coefficient (Wildman–Crippen LogP) is 0.738. The lowest BCUT2D eigenvalue weighted by molar-refractivity contribution is 0.384. The standard InChI is InChI=1S/C10H13N3O4S/c1-7-10(8(2)17-12-7)18(15,16)13-5-3-4-9(13)11-6-14/h9H,3-5H2,1-2H3. The fourth-order valence-corrected chi connectivity index (χ4v) is 4.04. The summed E-state index contributed by atoms with van der Waals surface area (Å²) in [7, 11) is -3.72. The third kappa shape index (κ3) is 1.98. The number of aliphatic imine (C=N–C) groups is 1. The molecule has 0 N–H and O–H groups in total. The summed E-state index contributed by atoms with van der Waals surface area (Å²) in [6, 6.07) is 0. The maximum atomic E-state index is 12.5. The Balaban J connectivity index is 2.46. The van der Waals surface area contributed by atoms with Crippen molar-refractivity contribution in [1.82, 2.24) is 9.46 Å². The van der Waals surface area contributed by atoms with Crippen LogP contribution in [0.5, 0.6) is 0 Å². The number of rotatable bonds is 3. The molecule has 1 unspecified atom stereocenters. The van der Waals surface area contributed by atoms with Crippen molar-refractivity contribution in [3.63, 3.8) is 0 Å². The zero-order valence-corrected chi connectivity index (χ0v) is 10.9. The molecule has 1 atom stereocenters. The monoisotopic (exact) mass is 271 g/mol. The van der Waals surface area contributed by atoms with Gasteiger partial charge in [-0.05, 0) is 26.7 Å². The molecule has 0 amide bonds. The summed E-state index contributed by atoms with van der Waals surface area (Å²) in [4.78, 5) is 13.9. The topological polar surface area (TPSA) is 92.8 Å². The van der Waals surface area contributed by atoms with Gasteiger partial charge in [0, 0.05) is 6.54 Å². The molecule has 1 fully saturated rings. The van der Waals surface area contributed by atoms with Gasteiger partial charge in [-0.15, -0.1) is 0 Å². The summed E-state index contributed by atoms with van der Waals surface area (Å²) in [5, 5.41) is 3.64. The number of aryl methyl sites for hydroxylation is 2. The number of isocyanates is 1. The van der Waals surface area contributed by atoms with Gasteiger partial charge in [-0.3, -0.25) is 0 Å². The fourth-order valence-electron chi connectivity index (χ4n) is 2.15. The van der Waals surface area contributed by atoms with Crippen molar-refractivity contribution in [2.45, 2.75) is 37.8 Å². The maximum absolute atomic E-state index is 12.5. The van der Waals surface area contributed by atoms with Crippen LogP contribution in [0.4, 0.5) is 0 Å². The van der Waals surface area contributed by atoms with Crippen molar-refractivity contribution < 1.29 is 17.7 Å². The molecule has 1 aromatic heterocycles. The molecule has 7 nitrogen and oxygen atoms in total. The molecule has 0 saturated carbocycles. The Labute approximate surface area is 105 Å². The number of sulfonamides is 1. The summed E-state index contributed by atoms with van der Waals surface area (Å²) in [6.45, 7) is 3.45. The van der Waals surface area contributed by atoms with Gasteiger partial charge >= 0.3 is 0 Å². The highest BCUT2D eigenvalue weighted by molar-refractivity contribution is 7.89. The molecule has 0 bridgehead atoms. The van der Waals surface area contributed by atoms with E-state index in [0.29, 0.717) is 25.1 Å². The van der Waals surface area contributed by atoms with Gasteiger partial charge in [0.15, 0.2) is 5.76 Å². The first kappa shape index (κ1) is 12.9. The summed E-state index contributed by atoms with van der Waals surface area (Å²) >= 11 is 0. The summed E-state index contributed by atoms with van der Waals surface area (Å²) < 4.78 is 31.0. The van der Waals surface area contributed by atoms with Gasteiger partial charge in [0.1, 0.15) is 16.8 Å². The van der Waals surface area contributed by atoms with Crippen molar-refractivity contribution in [2.75, 3.05) is 6.54 Å². The molecule has 8 heteroatoms. The van der Waals surface area contributed by atoms with Crippen LogP contribution in [0.2, 0.25) is 0 Å². The third-order valence-corrected chi connectivity index (χ3v) is 5.05. The highest BCUT2D eigenvalue weighted by Gasteiger charge is 2.38. The largest absolute Gasteiger partial charge is 0.360 e. The van der Waals surface area contributed by atoms with Crippen molar-refractivity contribution in [3.05, 3.63) is 11.5 Å². The molecule has 0 radical (unpaired) electrons. The maximum Gasteiger partial charge on any atom is 0.250 e. The summed E-state index contributed by atoms with van der Waals surface area (Å²) in [5.41, 5.74) is 0.313. The first-order chi connectivity index (χ1) is 8.48. The van der Waals surface area contributed by atoms with E-state index in [1.807, 2.05) is 0 Å². The van der Waals surface area contributed by atoms with Gasteiger partial charge in [0.2, 0.25) is 16.1 Å². The molecule has 98 valence electrons. The van der Waals surface area contributed by atoms with Crippen molar-refractivity contribution in [2.24, 2.45) is 4.99 Å². The van der Waals surface area contributed by atoms with Gasteiger partial charge in [-0.1, -0.05) is 5.16 Å². The number of carbonyl (C=O) groups excluding carboxylic acids is 1. The second kappa shape index (κ2) is 4.64. The lowest BCUT2D eigenvalue weighted by Crippen LogP contribution is -2.34. The Morgan fingerprint density at radius 1 is 1.50 bits per heavy atom. The van der Waals surface area contributed by atoms with E-state index in [0.717, 1.165) is 0 Å². The minimum atomic E-state index is -3.72. The summed E-state index contributed by atoms with van der Waals surface area (Å²) in [5.74, 6) is 0.244. The van der Waals surface area contributed by atoms with E-state index in [2.05, 4.69) is 10.1 Å². The van der Waals surface area contributed by atoms with E-state index in [1.54, 1.807) is 13.8 Å². The van der Waals surface area contributed by atoms with Crippen molar-refractivity contribution in [3.8, 4) is 0 Å². The van der Waals surface area contributed by atoms with Crippen LogP contribution in [0.15, 0.2) is 14.4 Å². The van der Waals surface area contributed by atoms with Crippen molar-refractivity contribution in [1.29, 1.82) is 0 Å². The Kier molecular flexibility index (Phi) is 3.34. The van der Waals surface area contributed by atoms with E-state index in [4.69, 9.17) is 4.52 Å². The van der Waals surface area contributed by atoms with Crippen LogP contribution in [0.25, 0.3) is 0 Å². The molecule has 2 rings (SSSR count). The Morgan fingerprint density at radius 3 is 2.78 bits per heavy atom. The molecule has 0 aromatic carbocycles. The van der Waals surface area contributed by atoms with E-state index in [9.17, 15) is 13.2 Å². The molecule has 1 saturated heterocycles. The zero-order chi connectivity index (χ0) is 13.3. The number of hydrogen-bond donors (Lipinski definition) is 0. The van der Waals surface area contributed by atoms with Gasteiger partial charge in [-0.2, -0.15) is 9.30 Å². The van der Waals surface area contributed by atoms with Crippen molar-refractivity contribution >= 4 is 16.1 Å². The average molecular weight is 271 g/mol. The lowest BCUT2D eigenvalue weighted by atomic mass is 10.3. The van der Waals surface area contributed by atoms with Gasteiger partial charge in [-0.25, -0.2) is 13.2 Å². The summed E-state index contributed by atoms with van der Waals surface area (Å²) in [6.07, 6.45) is 1.94. The highest BCUT2D eigenvalue weighted by atomic mass is 32.2. The predicted molar refractivity (Wildman–Crippen MR) is 61.0 cm³/mol. The average Bonchev–Trinajstić information content (AvgIpc) is 2.87. The molecule has 0 aliphatic carbocycles. The molecular formula is C10H13N3O4S. The minimum absolute atomic E-state index is 0.0653.